The first kappa shape index (κ1) is 16.9. The molecule has 2 N–H and O–H groups in total. The van der Waals surface area contributed by atoms with Gasteiger partial charge in [-0.05, 0) is 45.3 Å². The molecular formula is C17H23N5O. The molecule has 23 heavy (non-hydrogen) atoms. The number of pyridine rings is 2. The Hall–Kier alpha value is -2.47. The van der Waals surface area contributed by atoms with Crippen molar-refractivity contribution in [2.75, 3.05) is 32.5 Å². The number of aromatic nitrogens is 2. The molecule has 6 heteroatoms. The third-order valence-electron chi connectivity index (χ3n) is 3.27. The summed E-state index contributed by atoms with van der Waals surface area (Å²) in [5.41, 5.74) is 2.22. The second-order valence-corrected chi connectivity index (χ2v) is 5.55. The molecule has 0 radical (unpaired) electrons. The maximum absolute atomic E-state index is 12.2. The van der Waals surface area contributed by atoms with Gasteiger partial charge >= 0.3 is 0 Å². The molecule has 0 bridgehead atoms. The average molecular weight is 313 g/mol. The Morgan fingerprint density at radius 1 is 1.26 bits per heavy atom. The summed E-state index contributed by atoms with van der Waals surface area (Å²) in [6.07, 6.45) is 6.04. The molecule has 0 atom stereocenters. The first-order chi connectivity index (χ1) is 11.1. The number of hydrogen-bond donors (Lipinski definition) is 2. The largest absolute Gasteiger partial charge is 0.384 e. The van der Waals surface area contributed by atoms with Crippen molar-refractivity contribution < 1.29 is 4.79 Å². The van der Waals surface area contributed by atoms with E-state index in [1.807, 2.05) is 38.4 Å². The smallest absolute Gasteiger partial charge is 0.253 e. The van der Waals surface area contributed by atoms with Gasteiger partial charge in [-0.25, -0.2) is 0 Å². The van der Waals surface area contributed by atoms with Crippen LogP contribution in [0.3, 0.4) is 0 Å². The summed E-state index contributed by atoms with van der Waals surface area (Å²) in [4.78, 5) is 22.6. The van der Waals surface area contributed by atoms with Crippen LogP contribution in [-0.2, 0) is 6.54 Å². The molecule has 2 aromatic heterocycles. The van der Waals surface area contributed by atoms with E-state index in [0.717, 1.165) is 30.9 Å². The lowest BCUT2D eigenvalue weighted by atomic mass is 10.2. The van der Waals surface area contributed by atoms with Crippen molar-refractivity contribution in [3.05, 3.63) is 54.1 Å². The zero-order valence-electron chi connectivity index (χ0n) is 13.6. The highest BCUT2D eigenvalue weighted by Gasteiger charge is 2.07. The predicted octanol–water partition coefficient (Wildman–Crippen LogP) is 1.77. The maximum Gasteiger partial charge on any atom is 0.253 e. The molecule has 0 saturated carbocycles. The summed E-state index contributed by atoms with van der Waals surface area (Å²) in [6.45, 7) is 2.27. The van der Waals surface area contributed by atoms with Crippen molar-refractivity contribution in [2.24, 2.45) is 0 Å². The molecule has 0 aliphatic carbocycles. The Bertz CT molecular complexity index is 615. The minimum atomic E-state index is -0.153. The number of amides is 1. The summed E-state index contributed by atoms with van der Waals surface area (Å²) in [5, 5.41) is 6.14. The van der Waals surface area contributed by atoms with Gasteiger partial charge in [-0.3, -0.25) is 14.8 Å². The molecule has 122 valence electrons. The molecule has 0 aliphatic heterocycles. The number of rotatable bonds is 8. The number of hydrogen-bond acceptors (Lipinski definition) is 5. The normalized spacial score (nSPS) is 10.6. The van der Waals surface area contributed by atoms with E-state index in [-0.39, 0.29) is 5.91 Å². The van der Waals surface area contributed by atoms with Gasteiger partial charge in [0, 0.05) is 25.1 Å². The quantitative estimate of drug-likeness (QED) is 0.727. The van der Waals surface area contributed by atoms with E-state index in [1.54, 1.807) is 18.6 Å². The van der Waals surface area contributed by atoms with Crippen LogP contribution in [0.2, 0.25) is 0 Å². The van der Waals surface area contributed by atoms with Gasteiger partial charge in [0.15, 0.2) is 0 Å². The van der Waals surface area contributed by atoms with Crippen LogP contribution in [0, 0.1) is 0 Å². The number of nitrogens with one attached hydrogen (secondary N) is 2. The second kappa shape index (κ2) is 8.85. The van der Waals surface area contributed by atoms with Gasteiger partial charge in [-0.2, -0.15) is 0 Å². The molecule has 0 aromatic carbocycles. The number of anilines is 1. The monoisotopic (exact) mass is 313 g/mol. The maximum atomic E-state index is 12.2. The summed E-state index contributed by atoms with van der Waals surface area (Å²) in [6, 6.07) is 7.44. The van der Waals surface area contributed by atoms with Crippen LogP contribution >= 0.6 is 0 Å². The van der Waals surface area contributed by atoms with E-state index in [2.05, 4.69) is 25.5 Å². The lowest BCUT2D eigenvalue weighted by Crippen LogP contribution is -2.23. The van der Waals surface area contributed by atoms with Crippen molar-refractivity contribution in [3.8, 4) is 0 Å². The number of carbonyl (C=O) groups excluding carboxylic acids is 1. The average Bonchev–Trinajstić information content (AvgIpc) is 2.57. The van der Waals surface area contributed by atoms with Crippen LogP contribution in [0.4, 0.5) is 5.69 Å². The van der Waals surface area contributed by atoms with Gasteiger partial charge in [0.1, 0.15) is 0 Å². The Morgan fingerprint density at radius 3 is 2.87 bits per heavy atom. The van der Waals surface area contributed by atoms with E-state index in [4.69, 9.17) is 0 Å². The molecule has 6 nitrogen and oxygen atoms in total. The Kier molecular flexibility index (Phi) is 6.50. The van der Waals surface area contributed by atoms with Gasteiger partial charge in [0.05, 0.1) is 23.5 Å². The molecule has 0 saturated heterocycles. The highest BCUT2D eigenvalue weighted by molar-refractivity contribution is 5.94. The van der Waals surface area contributed by atoms with Crippen LogP contribution in [0.1, 0.15) is 22.5 Å². The Labute approximate surface area is 137 Å². The van der Waals surface area contributed by atoms with Gasteiger partial charge in [-0.15, -0.1) is 0 Å². The summed E-state index contributed by atoms with van der Waals surface area (Å²) < 4.78 is 0. The zero-order valence-corrected chi connectivity index (χ0v) is 13.6. The minimum absolute atomic E-state index is 0.153. The van der Waals surface area contributed by atoms with Crippen LogP contribution in [0.15, 0.2) is 42.9 Å². The molecule has 0 unspecified atom stereocenters. The van der Waals surface area contributed by atoms with Crippen LogP contribution < -0.4 is 10.6 Å². The fraction of sp³-hybridized carbons (Fsp3) is 0.353. The summed E-state index contributed by atoms with van der Waals surface area (Å²) >= 11 is 0. The van der Waals surface area contributed by atoms with Crippen molar-refractivity contribution in [1.82, 2.24) is 20.2 Å². The molecular weight excluding hydrogens is 290 g/mol. The highest BCUT2D eigenvalue weighted by atomic mass is 16.1. The van der Waals surface area contributed by atoms with E-state index in [1.165, 1.54) is 0 Å². The predicted molar refractivity (Wildman–Crippen MR) is 91.3 cm³/mol. The molecule has 0 aliphatic rings. The molecule has 2 aromatic rings. The minimum Gasteiger partial charge on any atom is -0.384 e. The van der Waals surface area contributed by atoms with Crippen molar-refractivity contribution in [2.45, 2.75) is 13.0 Å². The number of carbonyl (C=O) groups is 1. The molecule has 0 spiro atoms. The van der Waals surface area contributed by atoms with Crippen molar-refractivity contribution in [3.63, 3.8) is 0 Å². The third-order valence-corrected chi connectivity index (χ3v) is 3.27. The first-order valence-corrected chi connectivity index (χ1v) is 7.67. The van der Waals surface area contributed by atoms with Crippen molar-refractivity contribution >= 4 is 11.6 Å². The Morgan fingerprint density at radius 2 is 2.13 bits per heavy atom. The molecule has 1 amide bonds. The third kappa shape index (κ3) is 6.04. The van der Waals surface area contributed by atoms with Gasteiger partial charge in [0.25, 0.3) is 5.91 Å². The first-order valence-electron chi connectivity index (χ1n) is 7.67. The topological polar surface area (TPSA) is 70.2 Å². The van der Waals surface area contributed by atoms with Gasteiger partial charge < -0.3 is 15.5 Å². The fourth-order valence-electron chi connectivity index (χ4n) is 2.06. The van der Waals surface area contributed by atoms with E-state index < -0.39 is 0 Å². The van der Waals surface area contributed by atoms with Gasteiger partial charge in [-0.1, -0.05) is 6.07 Å². The molecule has 0 fully saturated rings. The zero-order chi connectivity index (χ0) is 16.5. The number of nitrogens with zero attached hydrogens (tertiary/aromatic N) is 3. The van der Waals surface area contributed by atoms with Crippen LogP contribution in [0.25, 0.3) is 0 Å². The molecule has 2 heterocycles. The fourth-order valence-corrected chi connectivity index (χ4v) is 2.06. The highest BCUT2D eigenvalue weighted by Crippen LogP contribution is 2.08. The SMILES string of the molecule is CN(C)CCCNc1cncc(C(=O)NCc2ccccn2)c1. The van der Waals surface area contributed by atoms with Crippen LogP contribution in [-0.4, -0.2) is 48.0 Å². The lowest BCUT2D eigenvalue weighted by Gasteiger charge is -2.11. The van der Waals surface area contributed by atoms with Crippen molar-refractivity contribution in [1.29, 1.82) is 0 Å². The van der Waals surface area contributed by atoms with E-state index in [0.29, 0.717) is 12.1 Å². The van der Waals surface area contributed by atoms with Gasteiger partial charge in [0.2, 0.25) is 0 Å². The molecule has 2 rings (SSSR count). The standard InChI is InChI=1S/C17H23N5O/c1-22(2)9-5-8-20-16-10-14(11-18-12-16)17(23)21-13-15-6-3-4-7-19-15/h3-4,6-7,10-12,20H,5,8-9,13H2,1-2H3,(H,21,23). The lowest BCUT2D eigenvalue weighted by molar-refractivity contribution is 0.0950. The summed E-state index contributed by atoms with van der Waals surface area (Å²) in [5.74, 6) is -0.153. The van der Waals surface area contributed by atoms with E-state index in [9.17, 15) is 4.79 Å². The Balaban J connectivity index is 1.84. The summed E-state index contributed by atoms with van der Waals surface area (Å²) in [7, 11) is 4.10. The van der Waals surface area contributed by atoms with E-state index >= 15 is 0 Å². The van der Waals surface area contributed by atoms with Crippen LogP contribution in [0.5, 0.6) is 0 Å². The second-order valence-electron chi connectivity index (χ2n) is 5.55.